The van der Waals surface area contributed by atoms with Crippen molar-refractivity contribution in [2.24, 2.45) is 46.5 Å². The van der Waals surface area contributed by atoms with Crippen LogP contribution in [0.15, 0.2) is 213 Å². The lowest BCUT2D eigenvalue weighted by atomic mass is 9.85. The van der Waals surface area contributed by atoms with Crippen molar-refractivity contribution in [2.45, 2.75) is 166 Å². The van der Waals surface area contributed by atoms with Crippen molar-refractivity contribution in [2.75, 3.05) is 0 Å². The summed E-state index contributed by atoms with van der Waals surface area (Å²) >= 11 is 0. The Labute approximate surface area is 604 Å². The van der Waals surface area contributed by atoms with E-state index >= 15 is 0 Å². The maximum Gasteiger partial charge on any atom is 0.212 e. The summed E-state index contributed by atoms with van der Waals surface area (Å²) < 4.78 is 268. The molecule has 5 heterocycles. The largest absolute Gasteiger partial charge is 0.212 e. The Morgan fingerprint density at radius 3 is 1.17 bits per heavy atom. The van der Waals surface area contributed by atoms with Crippen LogP contribution in [0, 0.1) is 45.9 Å². The van der Waals surface area contributed by atoms with Crippen LogP contribution in [0.2, 0.25) is 0 Å². The highest BCUT2D eigenvalue weighted by Crippen LogP contribution is 2.32. The quantitative estimate of drug-likeness (QED) is 0.103. The first-order valence-electron chi connectivity index (χ1n) is 46.9. The highest BCUT2D eigenvalue weighted by atomic mass is 14.9. The maximum absolute atomic E-state index is 8.69. The molecule has 0 spiro atoms. The number of benzene rings is 5. The lowest BCUT2D eigenvalue weighted by Crippen LogP contribution is -2.30. The second kappa shape index (κ2) is 34.0. The molecular formula is C87H114N5+5. The topological polar surface area (TPSA) is 19.4 Å². The normalized spacial score (nSPS) is 20.0. The summed E-state index contributed by atoms with van der Waals surface area (Å²) in [5.41, 5.74) is 11.3. The van der Waals surface area contributed by atoms with Gasteiger partial charge in [-0.2, -0.15) is 0 Å². The highest BCUT2D eigenvalue weighted by molar-refractivity contribution is 5.65. The van der Waals surface area contributed by atoms with Crippen molar-refractivity contribution in [3.63, 3.8) is 0 Å². The molecule has 10 aromatic rings. The molecular weight excluding hydrogens is 1110 g/mol. The predicted molar refractivity (Wildman–Crippen MR) is 391 cm³/mol. The van der Waals surface area contributed by atoms with Crippen LogP contribution in [0.4, 0.5) is 0 Å². The van der Waals surface area contributed by atoms with Crippen LogP contribution in [0.3, 0.4) is 0 Å². The fourth-order valence-corrected chi connectivity index (χ4v) is 10.5. The van der Waals surface area contributed by atoms with Gasteiger partial charge in [-0.05, 0) is 211 Å². The minimum Gasteiger partial charge on any atom is -0.201 e. The van der Waals surface area contributed by atoms with Gasteiger partial charge in [0.05, 0.1) is 0 Å². The summed E-state index contributed by atoms with van der Waals surface area (Å²) in [6.45, 7) is -6.87. The lowest BCUT2D eigenvalue weighted by molar-refractivity contribution is -0.660. The first-order valence-corrected chi connectivity index (χ1v) is 30.4. The predicted octanol–water partition coefficient (Wildman–Crippen LogP) is 19.9. The van der Waals surface area contributed by atoms with Crippen LogP contribution in [0.1, 0.15) is 214 Å². The number of hydrogen-bond donors (Lipinski definition) is 0. The van der Waals surface area contributed by atoms with Gasteiger partial charge in [0, 0.05) is 134 Å². The number of aryl methyl sites for hydroxylation is 10. The smallest absolute Gasteiger partial charge is 0.201 e. The van der Waals surface area contributed by atoms with Gasteiger partial charge in [-0.1, -0.05) is 143 Å². The zero-order valence-electron chi connectivity index (χ0n) is 88.9. The van der Waals surface area contributed by atoms with Gasteiger partial charge < -0.3 is 0 Å². The summed E-state index contributed by atoms with van der Waals surface area (Å²) in [5, 5.41) is 0. The minimum atomic E-state index is -3.15. The number of nitrogens with zero attached hydrogens (tertiary/aromatic N) is 5. The summed E-state index contributed by atoms with van der Waals surface area (Å²) in [4.78, 5) is 0. The van der Waals surface area contributed by atoms with Crippen LogP contribution in [-0.4, -0.2) is 0 Å². The second-order valence-electron chi connectivity index (χ2n) is 23.7. The highest BCUT2D eigenvalue weighted by Gasteiger charge is 2.20. The van der Waals surface area contributed by atoms with Gasteiger partial charge in [0.15, 0.2) is 31.0 Å². The van der Waals surface area contributed by atoms with E-state index in [1.54, 1.807) is 79.7 Å². The monoisotopic (exact) mass is 1260 g/mol. The van der Waals surface area contributed by atoms with Crippen molar-refractivity contribution in [3.8, 4) is 56.3 Å². The van der Waals surface area contributed by atoms with Crippen LogP contribution in [0.25, 0.3) is 56.3 Å². The van der Waals surface area contributed by atoms with E-state index in [9.17, 15) is 0 Å². The van der Waals surface area contributed by atoms with Crippen molar-refractivity contribution < 1.29 is 68.1 Å². The molecule has 0 saturated heterocycles. The number of pyridine rings is 5. The summed E-state index contributed by atoms with van der Waals surface area (Å²) in [5.74, 6) is -6.89. The third-order valence-corrected chi connectivity index (χ3v) is 15.4. The molecule has 0 fully saturated rings. The molecule has 0 aliphatic rings. The Morgan fingerprint density at radius 1 is 0.413 bits per heavy atom. The molecule has 0 amide bonds. The standard InChI is InChI=1S/2C18H24N.3C17H22N/c1-14-12-15(13-18(2,3)4)9-10-16(14)17-8-6-7-11-19(17)5;1-5-15(6-2)16-10-11-17(14(3)13-16)18-9-7-8-12-19(18)4;1-13-12-14(17(2,3)4)9-10-15(13)16-8-6-7-11-18(16)5;1-13(2)11-15-8-9-16(14(3)12-15)17-7-5-6-10-18(17)4;1-5-13(2)15-9-10-16(14(3)12-15)17-8-6-7-11-18(17)4/h6-12H,13H2,1-5H3;7-13,15H,5-6H2,1-4H3;6-12H,1-5H3;5-10,12-13H,11H2,1-4H3;6-13H,5H2,1-4H3/q5*+1/i2D3,13D2;1D3,2D3,5D2,15D;2D3,3D3;1D3,11D2,13D;1D3,2D3,13D. The van der Waals surface area contributed by atoms with Gasteiger partial charge in [-0.25, -0.2) is 22.8 Å². The summed E-state index contributed by atoms with van der Waals surface area (Å²) in [6, 6.07) is 54.0. The van der Waals surface area contributed by atoms with E-state index in [0.717, 1.165) is 85.5 Å². The molecule has 5 heteroatoms. The van der Waals surface area contributed by atoms with E-state index in [0.29, 0.717) is 16.7 Å². The maximum atomic E-state index is 8.69. The van der Waals surface area contributed by atoms with Gasteiger partial charge >= 0.3 is 0 Å². The van der Waals surface area contributed by atoms with Crippen LogP contribution >= 0.6 is 0 Å². The van der Waals surface area contributed by atoms with Crippen molar-refractivity contribution in [1.29, 1.82) is 0 Å². The Kier molecular flexibility index (Phi) is 14.3. The molecule has 10 rings (SSSR count). The molecule has 0 aliphatic carbocycles. The molecule has 0 bridgehead atoms. The van der Waals surface area contributed by atoms with Crippen LogP contribution < -0.4 is 22.8 Å². The minimum absolute atomic E-state index is 0.0320. The van der Waals surface area contributed by atoms with Gasteiger partial charge in [0.2, 0.25) is 28.5 Å². The molecule has 482 valence electrons. The van der Waals surface area contributed by atoms with Crippen LogP contribution in [0.5, 0.6) is 0 Å². The molecule has 5 aromatic carbocycles. The van der Waals surface area contributed by atoms with Gasteiger partial charge in [-0.15, -0.1) is 0 Å². The number of hydrogen-bond acceptors (Lipinski definition) is 0. The molecule has 92 heavy (non-hydrogen) atoms. The van der Waals surface area contributed by atoms with E-state index in [4.69, 9.17) is 45.2 Å². The molecule has 0 radical (unpaired) electrons. The Hall–Kier alpha value is -8.15. The average molecular weight is 1260 g/mol. The Bertz CT molecular complexity index is 5250. The van der Waals surface area contributed by atoms with Crippen molar-refractivity contribution >= 4 is 0 Å². The number of rotatable bonds is 13. The van der Waals surface area contributed by atoms with Crippen LogP contribution in [-0.2, 0) is 53.4 Å². The Balaban J connectivity index is 0.000000242. The summed E-state index contributed by atoms with van der Waals surface area (Å²) in [7, 11) is 9.60. The molecule has 3 atom stereocenters. The van der Waals surface area contributed by atoms with E-state index in [2.05, 4.69) is 0 Å². The molecule has 0 N–H and O–H groups in total. The van der Waals surface area contributed by atoms with E-state index in [1.165, 1.54) is 32.9 Å². The third kappa shape index (κ3) is 20.7. The first kappa shape index (κ1) is 38.8. The summed E-state index contributed by atoms with van der Waals surface area (Å²) in [6.07, 6.45) is 0.626. The van der Waals surface area contributed by atoms with E-state index < -0.39 is 115 Å². The third-order valence-electron chi connectivity index (χ3n) is 15.4. The average Bonchev–Trinajstić information content (AvgIpc) is 0.753. The first-order chi connectivity index (χ1) is 56.6. The van der Waals surface area contributed by atoms with Gasteiger partial charge in [0.25, 0.3) is 0 Å². The van der Waals surface area contributed by atoms with Gasteiger partial charge in [0.1, 0.15) is 35.2 Å². The fraction of sp³-hybridized carbons (Fsp3) is 0.368. The number of aromatic nitrogens is 5. The zero-order chi connectivity index (χ0) is 95.6. The molecule has 5 nitrogen and oxygen atoms in total. The van der Waals surface area contributed by atoms with E-state index in [-0.39, 0.29) is 16.7 Å². The van der Waals surface area contributed by atoms with Crippen molar-refractivity contribution in [1.82, 2.24) is 0 Å². The molecule has 0 aliphatic heterocycles. The van der Waals surface area contributed by atoms with Crippen molar-refractivity contribution in [3.05, 3.63) is 269 Å². The lowest BCUT2D eigenvalue weighted by Gasteiger charge is -2.20. The Morgan fingerprint density at radius 2 is 0.804 bits per heavy atom. The SMILES string of the molecule is [2H]C([2H])([2H])C(C)(C)C([2H])([2H])c1ccc(-c2cccc[n+]2C)c(C)c1.[2H]C([2H])([2H])C(C)(c1ccc(-c2cccc[n+]2C)c(C)c1)C([2H])([2H])[2H].[2H]C([2H])([2H])C([2H])(C)C([2H])([2H])c1ccc(-c2cccc[n+]2C)c(C)c1.[2H]C([2H])([2H])CC([2H])(c1ccc(-c2cccc[n+]2C)c(C)c1)C([2H])([2H])C([2H])([2H])[2H].[2H]C([2H])([2H])CC([2H])(c1ccc(-c2cccc[n+]2C)c(C)c1)C([2H])([2H])[2H]. The van der Waals surface area contributed by atoms with E-state index in [1.807, 2.05) is 214 Å². The molecule has 5 aromatic heterocycles. The fourth-order valence-electron chi connectivity index (χ4n) is 10.5. The second-order valence-corrected chi connectivity index (χ2v) is 23.7. The zero-order valence-corrected chi connectivity index (χ0v) is 55.9. The molecule has 0 saturated carbocycles. The van der Waals surface area contributed by atoms with Gasteiger partial charge in [-0.3, -0.25) is 0 Å². The molecule has 3 unspecified atom stereocenters.